The average Bonchev–Trinajstić information content (AvgIpc) is 2.51. The quantitative estimate of drug-likeness (QED) is 0.906. The van der Waals surface area contributed by atoms with E-state index in [1.807, 2.05) is 12.1 Å². The molecule has 2 heterocycles. The van der Waals surface area contributed by atoms with Gasteiger partial charge >= 0.3 is 0 Å². The molecule has 7 heteroatoms. The van der Waals surface area contributed by atoms with Gasteiger partial charge in [0, 0.05) is 29.0 Å². The van der Waals surface area contributed by atoms with Crippen LogP contribution in [0.3, 0.4) is 0 Å². The highest BCUT2D eigenvalue weighted by atomic mass is 79.9. The van der Waals surface area contributed by atoms with Crippen LogP contribution in [0.15, 0.2) is 41.1 Å². The second-order valence-corrected chi connectivity index (χ2v) is 5.81. The number of carbonyl (C=O) groups excluding carboxylic acids is 2. The number of nitrogens with zero attached hydrogens (tertiary/aromatic N) is 3. The second kappa shape index (κ2) is 6.23. The average molecular weight is 361 g/mol. The highest BCUT2D eigenvalue weighted by Crippen LogP contribution is 2.22. The smallest absolute Gasteiger partial charge is 0.254 e. The van der Waals surface area contributed by atoms with Crippen LogP contribution in [0.4, 0.5) is 5.95 Å². The predicted octanol–water partition coefficient (Wildman–Crippen LogP) is 1.88. The molecule has 1 aliphatic rings. The van der Waals surface area contributed by atoms with Crippen molar-refractivity contribution in [3.8, 4) is 0 Å². The molecular formula is C15H13BrN4O2. The first kappa shape index (κ1) is 14.6. The molecule has 0 atom stereocenters. The van der Waals surface area contributed by atoms with Crippen LogP contribution in [0.25, 0.3) is 0 Å². The van der Waals surface area contributed by atoms with E-state index in [0.29, 0.717) is 12.1 Å². The van der Waals surface area contributed by atoms with Gasteiger partial charge in [-0.15, -0.1) is 0 Å². The van der Waals surface area contributed by atoms with Crippen molar-refractivity contribution in [3.05, 3.63) is 52.3 Å². The number of rotatable bonds is 3. The van der Waals surface area contributed by atoms with Crippen LogP contribution in [0.5, 0.6) is 0 Å². The molecule has 0 unspecified atom stereocenters. The minimum Gasteiger partial charge on any atom is -0.329 e. The molecule has 1 aromatic heterocycles. The molecule has 0 radical (unpaired) electrons. The SMILES string of the molecule is O=C(CN1CCc2cc(Br)ccc2C1=O)Nc1ncccn1. The lowest BCUT2D eigenvalue weighted by Crippen LogP contribution is -2.42. The largest absolute Gasteiger partial charge is 0.329 e. The summed E-state index contributed by atoms with van der Waals surface area (Å²) in [5.41, 5.74) is 1.65. The zero-order valence-electron chi connectivity index (χ0n) is 11.6. The molecule has 0 saturated heterocycles. The Morgan fingerprint density at radius 3 is 2.86 bits per heavy atom. The highest BCUT2D eigenvalue weighted by molar-refractivity contribution is 9.10. The van der Waals surface area contributed by atoms with Crippen molar-refractivity contribution < 1.29 is 9.59 Å². The maximum absolute atomic E-state index is 12.4. The lowest BCUT2D eigenvalue weighted by Gasteiger charge is -2.28. The van der Waals surface area contributed by atoms with Gasteiger partial charge in [-0.1, -0.05) is 15.9 Å². The molecule has 2 amide bonds. The van der Waals surface area contributed by atoms with Crippen molar-refractivity contribution in [1.82, 2.24) is 14.9 Å². The van der Waals surface area contributed by atoms with E-state index in [1.165, 1.54) is 4.90 Å². The summed E-state index contributed by atoms with van der Waals surface area (Å²) in [6.07, 6.45) is 3.82. The Hall–Kier alpha value is -2.28. The van der Waals surface area contributed by atoms with Crippen LogP contribution < -0.4 is 5.32 Å². The monoisotopic (exact) mass is 360 g/mol. The third-order valence-electron chi connectivity index (χ3n) is 3.39. The van der Waals surface area contributed by atoms with Crippen LogP contribution in [-0.4, -0.2) is 39.8 Å². The van der Waals surface area contributed by atoms with E-state index < -0.39 is 0 Å². The summed E-state index contributed by atoms with van der Waals surface area (Å²) < 4.78 is 0.950. The normalized spacial score (nSPS) is 13.7. The third kappa shape index (κ3) is 3.14. The summed E-state index contributed by atoms with van der Waals surface area (Å²) in [7, 11) is 0. The van der Waals surface area contributed by atoms with E-state index in [0.717, 1.165) is 16.5 Å². The fraction of sp³-hybridized carbons (Fsp3) is 0.200. The van der Waals surface area contributed by atoms with Crippen LogP contribution in [0.2, 0.25) is 0 Å². The lowest BCUT2D eigenvalue weighted by atomic mass is 9.99. The molecule has 0 spiro atoms. The Morgan fingerprint density at radius 2 is 2.09 bits per heavy atom. The van der Waals surface area contributed by atoms with Crippen LogP contribution in [0.1, 0.15) is 15.9 Å². The van der Waals surface area contributed by atoms with Crippen LogP contribution >= 0.6 is 15.9 Å². The van der Waals surface area contributed by atoms with Gasteiger partial charge in [-0.25, -0.2) is 9.97 Å². The van der Waals surface area contributed by atoms with Gasteiger partial charge in [-0.2, -0.15) is 0 Å². The number of carbonyl (C=O) groups is 2. The summed E-state index contributed by atoms with van der Waals surface area (Å²) in [5.74, 6) is -0.195. The standard InChI is InChI=1S/C15H13BrN4O2/c16-11-2-3-12-10(8-11)4-7-20(14(12)22)9-13(21)19-15-17-5-1-6-18-15/h1-3,5-6,8H,4,7,9H2,(H,17,18,19,21). The Morgan fingerprint density at radius 1 is 1.32 bits per heavy atom. The first-order valence-corrected chi connectivity index (χ1v) is 7.57. The molecule has 0 bridgehead atoms. The molecule has 22 heavy (non-hydrogen) atoms. The first-order valence-electron chi connectivity index (χ1n) is 6.78. The van der Waals surface area contributed by atoms with Crippen molar-refractivity contribution >= 4 is 33.7 Å². The fourth-order valence-electron chi connectivity index (χ4n) is 2.36. The Balaban J connectivity index is 1.68. The van der Waals surface area contributed by atoms with E-state index in [2.05, 4.69) is 31.2 Å². The number of aromatic nitrogens is 2. The zero-order chi connectivity index (χ0) is 15.5. The van der Waals surface area contributed by atoms with Crippen molar-refractivity contribution in [2.45, 2.75) is 6.42 Å². The molecule has 0 saturated carbocycles. The van der Waals surface area contributed by atoms with E-state index in [-0.39, 0.29) is 24.3 Å². The maximum Gasteiger partial charge on any atom is 0.254 e. The molecule has 112 valence electrons. The molecule has 1 aromatic carbocycles. The van der Waals surface area contributed by atoms with E-state index in [4.69, 9.17) is 0 Å². The topological polar surface area (TPSA) is 75.2 Å². The third-order valence-corrected chi connectivity index (χ3v) is 3.88. The summed E-state index contributed by atoms with van der Waals surface area (Å²) in [4.78, 5) is 33.8. The number of hydrogen-bond donors (Lipinski definition) is 1. The van der Waals surface area contributed by atoms with Gasteiger partial charge < -0.3 is 4.90 Å². The van der Waals surface area contributed by atoms with E-state index >= 15 is 0 Å². The van der Waals surface area contributed by atoms with Crippen LogP contribution in [-0.2, 0) is 11.2 Å². The maximum atomic E-state index is 12.4. The predicted molar refractivity (Wildman–Crippen MR) is 84.4 cm³/mol. The van der Waals surface area contributed by atoms with Gasteiger partial charge in [0.25, 0.3) is 5.91 Å². The number of hydrogen-bond acceptors (Lipinski definition) is 4. The molecule has 1 aliphatic heterocycles. The van der Waals surface area contributed by atoms with Crippen molar-refractivity contribution in [2.75, 3.05) is 18.4 Å². The summed E-state index contributed by atoms with van der Waals surface area (Å²) in [6.45, 7) is 0.512. The van der Waals surface area contributed by atoms with Crippen LogP contribution in [0, 0.1) is 0 Å². The van der Waals surface area contributed by atoms with E-state index in [1.54, 1.807) is 24.5 Å². The summed E-state index contributed by atoms with van der Waals surface area (Å²) >= 11 is 3.40. The van der Waals surface area contributed by atoms with E-state index in [9.17, 15) is 9.59 Å². The van der Waals surface area contributed by atoms with Gasteiger partial charge in [0.2, 0.25) is 11.9 Å². The number of amides is 2. The fourth-order valence-corrected chi connectivity index (χ4v) is 2.77. The molecule has 2 aromatic rings. The molecule has 1 N–H and O–H groups in total. The lowest BCUT2D eigenvalue weighted by molar-refractivity contribution is -0.117. The highest BCUT2D eigenvalue weighted by Gasteiger charge is 2.26. The minimum atomic E-state index is -0.305. The van der Waals surface area contributed by atoms with Gasteiger partial charge in [-0.3, -0.25) is 14.9 Å². The Kier molecular flexibility index (Phi) is 4.15. The first-order chi connectivity index (χ1) is 10.6. The zero-order valence-corrected chi connectivity index (χ0v) is 13.2. The molecule has 0 aliphatic carbocycles. The van der Waals surface area contributed by atoms with Gasteiger partial charge in [0.05, 0.1) is 0 Å². The number of nitrogens with one attached hydrogen (secondary N) is 1. The van der Waals surface area contributed by atoms with Crippen molar-refractivity contribution in [1.29, 1.82) is 0 Å². The Bertz CT molecular complexity index is 721. The molecule has 0 fully saturated rings. The van der Waals surface area contributed by atoms with Gasteiger partial charge in [0.1, 0.15) is 6.54 Å². The minimum absolute atomic E-state index is 0.00735. The second-order valence-electron chi connectivity index (χ2n) is 4.90. The summed E-state index contributed by atoms with van der Waals surface area (Å²) in [6, 6.07) is 7.23. The molecule has 6 nitrogen and oxygen atoms in total. The Labute approximate surface area is 135 Å². The van der Waals surface area contributed by atoms with Gasteiger partial charge in [-0.05, 0) is 36.2 Å². The number of benzene rings is 1. The van der Waals surface area contributed by atoms with Gasteiger partial charge in [0.15, 0.2) is 0 Å². The number of anilines is 1. The summed E-state index contributed by atoms with van der Waals surface area (Å²) in [5, 5.41) is 2.58. The van der Waals surface area contributed by atoms with Crippen molar-refractivity contribution in [3.63, 3.8) is 0 Å². The van der Waals surface area contributed by atoms with Crippen molar-refractivity contribution in [2.24, 2.45) is 0 Å². The number of halogens is 1. The molecular weight excluding hydrogens is 348 g/mol. The number of fused-ring (bicyclic) bond motifs is 1. The molecule has 3 rings (SSSR count).